The molecule has 3 rings (SSSR count). The summed E-state index contributed by atoms with van der Waals surface area (Å²) in [6.45, 7) is 0. The molecule has 0 aliphatic carbocycles. The zero-order valence-electron chi connectivity index (χ0n) is 11.0. The van der Waals surface area contributed by atoms with Gasteiger partial charge in [0.2, 0.25) is 5.82 Å². The molecule has 0 N–H and O–H groups in total. The summed E-state index contributed by atoms with van der Waals surface area (Å²) in [5.74, 6) is -0.405. The topological polar surface area (TPSA) is 66.7 Å². The van der Waals surface area contributed by atoms with Crippen molar-refractivity contribution in [2.24, 2.45) is 0 Å². The molecule has 1 unspecified atom stereocenters. The highest BCUT2D eigenvalue weighted by atomic mass is 127. The quantitative estimate of drug-likeness (QED) is 0.332. The fraction of sp³-hybridized carbons (Fsp3) is 0.0833. The molecule has 1 atom stereocenters. The van der Waals surface area contributed by atoms with E-state index >= 15 is 0 Å². The van der Waals surface area contributed by atoms with Gasteiger partial charge in [0, 0.05) is 64.8 Å². The molecule has 5 nitrogen and oxygen atoms in total. The van der Waals surface area contributed by atoms with E-state index in [2.05, 4.69) is 36.2 Å². The van der Waals surface area contributed by atoms with Gasteiger partial charge in [-0.3, -0.25) is 3.97 Å². The van der Waals surface area contributed by atoms with Crippen molar-refractivity contribution in [2.45, 2.75) is 5.03 Å². The molecule has 0 fully saturated rings. The van der Waals surface area contributed by atoms with E-state index < -0.39 is 17.0 Å². The number of pyridine rings is 1. The number of nitrogens with zero attached hydrogens (tertiary/aromatic N) is 4. The molecule has 3 aromatic heterocycles. The Morgan fingerprint density at radius 2 is 2.18 bits per heavy atom. The van der Waals surface area contributed by atoms with Gasteiger partial charge in [-0.2, -0.15) is 9.37 Å². The van der Waals surface area contributed by atoms with Crippen LogP contribution in [0.1, 0.15) is 0 Å². The van der Waals surface area contributed by atoms with Gasteiger partial charge in [-0.1, -0.05) is 11.6 Å². The summed E-state index contributed by atoms with van der Waals surface area (Å²) in [5.41, 5.74) is 1.35. The summed E-state index contributed by atoms with van der Waals surface area (Å²) in [6, 6.07) is 1.75. The molecule has 0 saturated carbocycles. The zero-order chi connectivity index (χ0) is 15.9. The minimum atomic E-state index is -1.54. The minimum Gasteiger partial charge on any atom is -0.610 e. The first-order chi connectivity index (χ1) is 10.5. The standard InChI is InChI=1S/C12H7ClFIN4OS2/c1-22(20)12-9(14)4-16-10(18-12)8-5-19(21-15)11-7(8)2-6(13)3-17-11/h2-5H,1H3. The average molecular weight is 469 g/mol. The van der Waals surface area contributed by atoms with Crippen LogP contribution in [0.25, 0.3) is 22.4 Å². The molecule has 0 spiro atoms. The van der Waals surface area contributed by atoms with Crippen molar-refractivity contribution in [3.63, 3.8) is 0 Å². The molecule has 3 aromatic rings. The SMILES string of the molecule is C[S+]([O-])c1nc(-c2cn(SI)c3ncc(Cl)cc23)ncc1F. The van der Waals surface area contributed by atoms with E-state index in [-0.39, 0.29) is 10.9 Å². The van der Waals surface area contributed by atoms with Crippen LogP contribution < -0.4 is 0 Å². The monoisotopic (exact) mass is 468 g/mol. The molecule has 0 saturated heterocycles. The maximum Gasteiger partial charge on any atom is 0.284 e. The van der Waals surface area contributed by atoms with Crippen molar-refractivity contribution >= 4 is 64.1 Å². The summed E-state index contributed by atoms with van der Waals surface area (Å²) in [6.07, 6.45) is 5.74. The summed E-state index contributed by atoms with van der Waals surface area (Å²) in [4.78, 5) is 12.4. The predicted octanol–water partition coefficient (Wildman–Crippen LogP) is 3.87. The van der Waals surface area contributed by atoms with Crippen molar-refractivity contribution in [2.75, 3.05) is 6.26 Å². The van der Waals surface area contributed by atoms with Crippen LogP contribution in [0.3, 0.4) is 0 Å². The first kappa shape index (κ1) is 16.2. The van der Waals surface area contributed by atoms with Crippen LogP contribution in [0.4, 0.5) is 4.39 Å². The maximum atomic E-state index is 13.6. The molecule has 22 heavy (non-hydrogen) atoms. The Balaban J connectivity index is 2.26. The van der Waals surface area contributed by atoms with Crippen LogP contribution >= 0.6 is 41.9 Å². The van der Waals surface area contributed by atoms with Crippen molar-refractivity contribution in [1.82, 2.24) is 18.9 Å². The second-order valence-electron chi connectivity index (χ2n) is 4.26. The van der Waals surface area contributed by atoms with Crippen molar-refractivity contribution in [1.29, 1.82) is 0 Å². The lowest BCUT2D eigenvalue weighted by Crippen LogP contribution is -2.06. The Morgan fingerprint density at radius 1 is 1.41 bits per heavy atom. The summed E-state index contributed by atoms with van der Waals surface area (Å²) >= 11 is 6.59. The number of hydrogen-bond acceptors (Lipinski definition) is 5. The molecular formula is C12H7ClFIN4OS2. The Bertz CT molecular complexity index is 861. The Labute approximate surface area is 149 Å². The second-order valence-corrected chi connectivity index (χ2v) is 7.71. The highest BCUT2D eigenvalue weighted by molar-refractivity contribution is 14.2. The van der Waals surface area contributed by atoms with Gasteiger partial charge in [0.25, 0.3) is 5.03 Å². The van der Waals surface area contributed by atoms with Gasteiger partial charge in [0.1, 0.15) is 6.26 Å². The fourth-order valence-corrected chi connectivity index (χ4v) is 3.92. The van der Waals surface area contributed by atoms with Gasteiger partial charge in [-0.15, -0.1) is 0 Å². The van der Waals surface area contributed by atoms with E-state index in [4.69, 9.17) is 11.6 Å². The summed E-state index contributed by atoms with van der Waals surface area (Å²) in [7, 11) is 1.42. The first-order valence-corrected chi connectivity index (χ1v) is 11.1. The summed E-state index contributed by atoms with van der Waals surface area (Å²) in [5, 5.41) is 1.10. The van der Waals surface area contributed by atoms with E-state index in [9.17, 15) is 8.94 Å². The van der Waals surface area contributed by atoms with E-state index in [1.807, 2.05) is 3.97 Å². The van der Waals surface area contributed by atoms with Crippen LogP contribution in [-0.2, 0) is 11.2 Å². The van der Waals surface area contributed by atoms with E-state index in [0.717, 1.165) is 11.6 Å². The van der Waals surface area contributed by atoms with Crippen LogP contribution in [0, 0.1) is 5.82 Å². The molecular weight excluding hydrogens is 462 g/mol. The third-order valence-electron chi connectivity index (χ3n) is 2.88. The minimum absolute atomic E-state index is 0.122. The lowest BCUT2D eigenvalue weighted by Gasteiger charge is -2.05. The van der Waals surface area contributed by atoms with E-state index in [1.165, 1.54) is 15.4 Å². The number of rotatable bonds is 3. The van der Waals surface area contributed by atoms with Crippen molar-refractivity contribution < 1.29 is 8.94 Å². The van der Waals surface area contributed by atoms with Gasteiger partial charge in [0.15, 0.2) is 11.5 Å². The van der Waals surface area contributed by atoms with Crippen LogP contribution in [0.15, 0.2) is 29.7 Å². The third kappa shape index (κ3) is 2.92. The molecule has 0 bridgehead atoms. The average Bonchev–Trinajstić information content (AvgIpc) is 2.85. The Hall–Kier alpha value is -0.620. The normalized spacial score (nSPS) is 12.8. The number of hydrogen-bond donors (Lipinski definition) is 0. The zero-order valence-corrected chi connectivity index (χ0v) is 15.5. The molecule has 0 radical (unpaired) electrons. The van der Waals surface area contributed by atoms with Gasteiger partial charge < -0.3 is 4.55 Å². The van der Waals surface area contributed by atoms with Gasteiger partial charge in [0.05, 0.1) is 11.2 Å². The lowest BCUT2D eigenvalue weighted by molar-refractivity contribution is 0.551. The van der Waals surface area contributed by atoms with E-state index in [0.29, 0.717) is 16.2 Å². The molecule has 0 amide bonds. The summed E-state index contributed by atoms with van der Waals surface area (Å²) < 4.78 is 27.0. The van der Waals surface area contributed by atoms with Crippen LogP contribution in [0.5, 0.6) is 0 Å². The van der Waals surface area contributed by atoms with Gasteiger partial charge in [-0.25, -0.2) is 9.97 Å². The number of fused-ring (bicyclic) bond motifs is 1. The van der Waals surface area contributed by atoms with E-state index in [1.54, 1.807) is 18.5 Å². The molecule has 0 aromatic carbocycles. The molecule has 0 aliphatic heterocycles. The Kier molecular flexibility index (Phi) is 4.78. The van der Waals surface area contributed by atoms with Gasteiger partial charge >= 0.3 is 0 Å². The maximum absolute atomic E-state index is 13.6. The number of halogens is 3. The smallest absolute Gasteiger partial charge is 0.284 e. The van der Waals surface area contributed by atoms with Crippen molar-refractivity contribution in [3.8, 4) is 11.4 Å². The highest BCUT2D eigenvalue weighted by Gasteiger charge is 2.20. The molecule has 0 aliphatic rings. The largest absolute Gasteiger partial charge is 0.610 e. The fourth-order valence-electron chi connectivity index (χ4n) is 1.97. The Morgan fingerprint density at radius 3 is 2.86 bits per heavy atom. The van der Waals surface area contributed by atoms with Crippen LogP contribution in [0.2, 0.25) is 5.02 Å². The highest BCUT2D eigenvalue weighted by Crippen LogP contribution is 2.33. The lowest BCUT2D eigenvalue weighted by atomic mass is 10.2. The first-order valence-electron chi connectivity index (χ1n) is 5.83. The molecule has 114 valence electrons. The molecule has 3 heterocycles. The van der Waals surface area contributed by atoms with Crippen LogP contribution in [-0.4, -0.2) is 29.7 Å². The third-order valence-corrected chi connectivity index (χ3v) is 5.62. The van der Waals surface area contributed by atoms with Gasteiger partial charge in [-0.05, 0) is 6.07 Å². The number of aromatic nitrogens is 4. The molecule has 10 heteroatoms. The predicted molar refractivity (Wildman–Crippen MR) is 95.1 cm³/mol. The second kappa shape index (κ2) is 6.48. The van der Waals surface area contributed by atoms with Crippen molar-refractivity contribution in [3.05, 3.63) is 35.5 Å².